The highest BCUT2D eigenvalue weighted by Gasteiger charge is 2.58. The molecule has 0 spiro atoms. The fraction of sp³-hybridized carbons (Fsp3) is 0.667. The first-order valence-corrected chi connectivity index (χ1v) is 7.93. The van der Waals surface area contributed by atoms with Crippen molar-refractivity contribution in [1.82, 2.24) is 0 Å². The van der Waals surface area contributed by atoms with Crippen LogP contribution in [-0.4, -0.2) is 17.3 Å². The molecule has 0 amide bonds. The first-order valence-electron chi connectivity index (χ1n) is 7.93. The summed E-state index contributed by atoms with van der Waals surface area (Å²) in [6.45, 7) is 7.34. The van der Waals surface area contributed by atoms with Crippen LogP contribution in [0.2, 0.25) is 0 Å². The summed E-state index contributed by atoms with van der Waals surface area (Å²) >= 11 is 0. The number of hydrogen-bond donors (Lipinski definition) is 0. The van der Waals surface area contributed by atoms with E-state index >= 15 is 0 Å². The molecule has 1 aromatic rings. The minimum Gasteiger partial charge on any atom is -0.370 e. The number of benzene rings is 1. The van der Waals surface area contributed by atoms with E-state index in [4.69, 9.17) is 9.47 Å². The molecule has 2 heteroatoms. The van der Waals surface area contributed by atoms with Gasteiger partial charge in [0.1, 0.15) is 0 Å². The highest BCUT2D eigenvalue weighted by atomic mass is 16.6. The Bertz CT molecular complexity index is 480. The van der Waals surface area contributed by atoms with E-state index in [0.717, 1.165) is 12.8 Å². The van der Waals surface area contributed by atoms with Crippen LogP contribution in [-0.2, 0) is 16.1 Å². The molecule has 20 heavy (non-hydrogen) atoms. The van der Waals surface area contributed by atoms with E-state index in [2.05, 4.69) is 45.0 Å². The first kappa shape index (κ1) is 14.1. The van der Waals surface area contributed by atoms with Gasteiger partial charge in [-0.1, -0.05) is 37.6 Å². The molecule has 1 aromatic carbocycles. The second-order valence-corrected chi connectivity index (χ2v) is 6.78. The number of ether oxygens (including phenoxy) is 2. The van der Waals surface area contributed by atoms with Crippen LogP contribution in [0.3, 0.4) is 0 Å². The van der Waals surface area contributed by atoms with Crippen molar-refractivity contribution in [3.8, 4) is 0 Å². The van der Waals surface area contributed by atoms with Gasteiger partial charge in [-0.05, 0) is 44.2 Å². The zero-order valence-electron chi connectivity index (χ0n) is 12.9. The zero-order chi connectivity index (χ0) is 14.2. The Morgan fingerprint density at radius 3 is 2.85 bits per heavy atom. The number of fused-ring (bicyclic) bond motifs is 2. The van der Waals surface area contributed by atoms with Gasteiger partial charge in [0.05, 0.1) is 23.9 Å². The lowest BCUT2D eigenvalue weighted by Gasteiger charge is -2.30. The lowest BCUT2D eigenvalue weighted by atomic mass is 9.79. The minimum absolute atomic E-state index is 0.0577. The van der Waals surface area contributed by atoms with Crippen molar-refractivity contribution in [2.75, 3.05) is 0 Å². The van der Waals surface area contributed by atoms with Crippen molar-refractivity contribution in [1.29, 1.82) is 0 Å². The summed E-state index contributed by atoms with van der Waals surface area (Å²) in [6, 6.07) is 8.48. The minimum atomic E-state index is -0.0577. The van der Waals surface area contributed by atoms with Crippen LogP contribution in [0.25, 0.3) is 0 Å². The molecular weight excluding hydrogens is 248 g/mol. The molecule has 0 radical (unpaired) electrons. The molecular formula is C18H26O2. The molecule has 0 aromatic heterocycles. The molecule has 110 valence electrons. The molecule has 2 nitrogen and oxygen atoms in total. The normalized spacial score (nSPS) is 35.6. The molecule has 2 fully saturated rings. The maximum absolute atomic E-state index is 6.39. The molecule has 0 N–H and O–H groups in total. The summed E-state index contributed by atoms with van der Waals surface area (Å²) in [5, 5.41) is 0. The summed E-state index contributed by atoms with van der Waals surface area (Å²) < 4.78 is 12.6. The first-order chi connectivity index (χ1) is 9.57. The number of rotatable bonds is 5. The monoisotopic (exact) mass is 274 g/mol. The van der Waals surface area contributed by atoms with Crippen molar-refractivity contribution >= 4 is 0 Å². The van der Waals surface area contributed by atoms with Crippen molar-refractivity contribution in [2.24, 2.45) is 0 Å². The molecule has 0 saturated carbocycles. The average molecular weight is 274 g/mol. The Morgan fingerprint density at radius 1 is 1.30 bits per heavy atom. The molecule has 3 rings (SSSR count). The second kappa shape index (κ2) is 5.16. The lowest BCUT2D eigenvalue weighted by molar-refractivity contribution is -0.0876. The SMILES string of the molecule is CCCC12CCC(C)(O1)C(OCc1ccccc1C)C2. The highest BCUT2D eigenvalue weighted by molar-refractivity contribution is 5.24. The van der Waals surface area contributed by atoms with Gasteiger partial charge < -0.3 is 9.47 Å². The second-order valence-electron chi connectivity index (χ2n) is 6.78. The van der Waals surface area contributed by atoms with E-state index < -0.39 is 0 Å². The number of hydrogen-bond acceptors (Lipinski definition) is 2. The predicted octanol–water partition coefficient (Wildman–Crippen LogP) is 4.39. The third kappa shape index (κ3) is 2.40. The van der Waals surface area contributed by atoms with Gasteiger partial charge in [-0.2, -0.15) is 0 Å². The summed E-state index contributed by atoms with van der Waals surface area (Å²) in [5.41, 5.74) is 2.66. The maximum Gasteiger partial charge on any atom is 0.0924 e. The third-order valence-electron chi connectivity index (χ3n) is 5.17. The fourth-order valence-electron chi connectivity index (χ4n) is 3.93. The summed E-state index contributed by atoms with van der Waals surface area (Å²) in [7, 11) is 0. The smallest absolute Gasteiger partial charge is 0.0924 e. The lowest BCUT2D eigenvalue weighted by Crippen LogP contribution is -2.37. The van der Waals surface area contributed by atoms with Gasteiger partial charge in [0, 0.05) is 6.42 Å². The van der Waals surface area contributed by atoms with Crippen LogP contribution in [0.4, 0.5) is 0 Å². The molecule has 3 unspecified atom stereocenters. The third-order valence-corrected chi connectivity index (χ3v) is 5.17. The molecule has 2 aliphatic rings. The van der Waals surface area contributed by atoms with Gasteiger partial charge in [-0.3, -0.25) is 0 Å². The molecule has 2 bridgehead atoms. The van der Waals surface area contributed by atoms with Gasteiger partial charge in [0.15, 0.2) is 0 Å². The Labute approximate surface area is 122 Å². The van der Waals surface area contributed by atoms with E-state index in [9.17, 15) is 0 Å². The van der Waals surface area contributed by atoms with Gasteiger partial charge in [0.25, 0.3) is 0 Å². The molecule has 2 heterocycles. The predicted molar refractivity (Wildman–Crippen MR) is 80.7 cm³/mol. The van der Waals surface area contributed by atoms with Crippen molar-refractivity contribution in [3.63, 3.8) is 0 Å². The van der Waals surface area contributed by atoms with Crippen LogP contribution >= 0.6 is 0 Å². The fourth-order valence-corrected chi connectivity index (χ4v) is 3.93. The summed E-state index contributed by atoms with van der Waals surface area (Å²) in [5.74, 6) is 0. The Balaban J connectivity index is 1.66. The van der Waals surface area contributed by atoms with Gasteiger partial charge in [-0.25, -0.2) is 0 Å². The summed E-state index contributed by atoms with van der Waals surface area (Å²) in [4.78, 5) is 0. The van der Waals surface area contributed by atoms with E-state index in [1.54, 1.807) is 0 Å². The van der Waals surface area contributed by atoms with Crippen LogP contribution in [0.1, 0.15) is 57.1 Å². The molecule has 3 atom stereocenters. The van der Waals surface area contributed by atoms with Crippen molar-refractivity contribution < 1.29 is 9.47 Å². The van der Waals surface area contributed by atoms with E-state index in [1.165, 1.54) is 30.4 Å². The summed E-state index contributed by atoms with van der Waals surface area (Å²) in [6.07, 6.45) is 6.05. The largest absolute Gasteiger partial charge is 0.370 e. The van der Waals surface area contributed by atoms with Crippen molar-refractivity contribution in [2.45, 2.75) is 76.8 Å². The van der Waals surface area contributed by atoms with Crippen LogP contribution in [0.15, 0.2) is 24.3 Å². The Hall–Kier alpha value is -0.860. The quantitative estimate of drug-likeness (QED) is 0.792. The van der Waals surface area contributed by atoms with Crippen LogP contribution < -0.4 is 0 Å². The zero-order valence-corrected chi connectivity index (χ0v) is 12.9. The highest BCUT2D eigenvalue weighted by Crippen LogP contribution is 2.53. The number of aryl methyl sites for hydroxylation is 1. The average Bonchev–Trinajstić information content (AvgIpc) is 2.89. The maximum atomic E-state index is 6.39. The topological polar surface area (TPSA) is 18.5 Å². The van der Waals surface area contributed by atoms with E-state index in [-0.39, 0.29) is 17.3 Å². The standard InChI is InChI=1S/C18H26O2/c1-4-9-18-11-10-17(3,20-18)16(12-18)19-13-15-8-6-5-7-14(15)2/h5-8,16H,4,9-13H2,1-3H3. The molecule has 2 aliphatic heterocycles. The molecule has 0 aliphatic carbocycles. The van der Waals surface area contributed by atoms with Gasteiger partial charge in [-0.15, -0.1) is 0 Å². The van der Waals surface area contributed by atoms with Crippen molar-refractivity contribution in [3.05, 3.63) is 35.4 Å². The van der Waals surface area contributed by atoms with E-state index in [1.807, 2.05) is 0 Å². The van der Waals surface area contributed by atoms with Gasteiger partial charge in [0.2, 0.25) is 0 Å². The Kier molecular flexibility index (Phi) is 3.64. The molecule has 2 saturated heterocycles. The van der Waals surface area contributed by atoms with Crippen LogP contribution in [0.5, 0.6) is 0 Å². The van der Waals surface area contributed by atoms with E-state index in [0.29, 0.717) is 6.61 Å². The van der Waals surface area contributed by atoms with Crippen LogP contribution in [0, 0.1) is 6.92 Å². The Morgan fingerprint density at radius 2 is 2.10 bits per heavy atom. The van der Waals surface area contributed by atoms with Gasteiger partial charge >= 0.3 is 0 Å².